The van der Waals surface area contributed by atoms with Crippen LogP contribution in [0.3, 0.4) is 0 Å². The lowest BCUT2D eigenvalue weighted by atomic mass is 9.85. The Hall–Kier alpha value is -1.42. The molecule has 0 bridgehead atoms. The second-order valence-corrected chi connectivity index (χ2v) is 6.49. The van der Waals surface area contributed by atoms with E-state index in [2.05, 4.69) is 58.7 Å². The predicted molar refractivity (Wildman–Crippen MR) is 82.6 cm³/mol. The Morgan fingerprint density at radius 1 is 1.26 bits per heavy atom. The fourth-order valence-corrected chi connectivity index (χ4v) is 1.92. The molecule has 0 saturated carbocycles. The molecule has 0 heterocycles. The fraction of sp³-hybridized carbons (Fsp3) is 0.556. The summed E-state index contributed by atoms with van der Waals surface area (Å²) in [7, 11) is 0. The highest BCUT2D eigenvalue weighted by molar-refractivity contribution is 5.41. The van der Waals surface area contributed by atoms with E-state index < -0.39 is 0 Å². The van der Waals surface area contributed by atoms with Gasteiger partial charge in [0.25, 0.3) is 0 Å². The maximum absolute atomic E-state index is 5.94. The van der Waals surface area contributed by atoms with Gasteiger partial charge in [-0.2, -0.15) is 0 Å². The van der Waals surface area contributed by atoms with Crippen LogP contribution in [0.1, 0.15) is 52.2 Å². The Balaban J connectivity index is 3.00. The quantitative estimate of drug-likeness (QED) is 0.702. The number of hydrogen-bond donors (Lipinski definition) is 0. The first-order chi connectivity index (χ1) is 8.84. The standard InChI is InChI=1S/C18H26O/c1-7-8-9-15-10-11-17(19-13-14(2)3)16(12-15)18(4,5)6/h1,10-12,14H,8-9,13H2,2-6H3. The molecule has 0 amide bonds. The molecule has 0 atom stereocenters. The summed E-state index contributed by atoms with van der Waals surface area (Å²) < 4.78 is 5.94. The molecule has 1 nitrogen and oxygen atoms in total. The molecule has 0 aliphatic carbocycles. The molecule has 0 aromatic heterocycles. The third-order valence-corrected chi connectivity index (χ3v) is 2.98. The van der Waals surface area contributed by atoms with Crippen molar-refractivity contribution >= 4 is 0 Å². The highest BCUT2D eigenvalue weighted by atomic mass is 16.5. The van der Waals surface area contributed by atoms with Gasteiger partial charge >= 0.3 is 0 Å². The minimum absolute atomic E-state index is 0.0818. The first-order valence-corrected chi connectivity index (χ1v) is 7.04. The van der Waals surface area contributed by atoms with E-state index in [1.165, 1.54) is 11.1 Å². The maximum Gasteiger partial charge on any atom is 0.123 e. The van der Waals surface area contributed by atoms with Crippen LogP contribution in [0, 0.1) is 18.3 Å². The normalized spacial score (nSPS) is 11.4. The summed E-state index contributed by atoms with van der Waals surface area (Å²) in [6.07, 6.45) is 7.06. The highest BCUT2D eigenvalue weighted by Crippen LogP contribution is 2.32. The minimum atomic E-state index is 0.0818. The van der Waals surface area contributed by atoms with Gasteiger partial charge in [-0.05, 0) is 34.9 Å². The van der Waals surface area contributed by atoms with Crippen molar-refractivity contribution in [1.29, 1.82) is 0 Å². The highest BCUT2D eigenvalue weighted by Gasteiger charge is 2.19. The topological polar surface area (TPSA) is 9.23 Å². The van der Waals surface area contributed by atoms with Crippen LogP contribution >= 0.6 is 0 Å². The van der Waals surface area contributed by atoms with Gasteiger partial charge in [0.1, 0.15) is 5.75 Å². The third kappa shape index (κ3) is 4.99. The zero-order valence-corrected chi connectivity index (χ0v) is 12.9. The second-order valence-electron chi connectivity index (χ2n) is 6.49. The van der Waals surface area contributed by atoms with Crippen LogP contribution in [-0.2, 0) is 11.8 Å². The summed E-state index contributed by atoms with van der Waals surface area (Å²) in [5, 5.41) is 0. The maximum atomic E-state index is 5.94. The van der Waals surface area contributed by atoms with Gasteiger partial charge in [0, 0.05) is 6.42 Å². The molecule has 1 rings (SSSR count). The van der Waals surface area contributed by atoms with Gasteiger partial charge in [0.2, 0.25) is 0 Å². The Bertz CT molecular complexity index is 444. The van der Waals surface area contributed by atoms with Gasteiger partial charge in [-0.3, -0.25) is 0 Å². The van der Waals surface area contributed by atoms with Crippen LogP contribution in [0.25, 0.3) is 0 Å². The fourth-order valence-electron chi connectivity index (χ4n) is 1.92. The Kier molecular flexibility index (Phi) is 5.48. The largest absolute Gasteiger partial charge is 0.493 e. The molecular formula is C18H26O. The molecule has 1 aromatic rings. The van der Waals surface area contributed by atoms with Gasteiger partial charge in [-0.15, -0.1) is 12.3 Å². The van der Waals surface area contributed by atoms with Crippen molar-refractivity contribution in [2.24, 2.45) is 5.92 Å². The van der Waals surface area contributed by atoms with Crippen LogP contribution < -0.4 is 4.74 Å². The van der Waals surface area contributed by atoms with E-state index >= 15 is 0 Å². The van der Waals surface area contributed by atoms with Crippen molar-refractivity contribution in [3.05, 3.63) is 29.3 Å². The molecule has 0 saturated heterocycles. The molecule has 104 valence electrons. The van der Waals surface area contributed by atoms with Gasteiger partial charge in [0.15, 0.2) is 0 Å². The summed E-state index contributed by atoms with van der Waals surface area (Å²) in [6, 6.07) is 6.46. The van der Waals surface area contributed by atoms with Crippen LogP contribution in [0.5, 0.6) is 5.75 Å². The molecule has 0 N–H and O–H groups in total. The second kappa shape index (κ2) is 6.66. The van der Waals surface area contributed by atoms with Gasteiger partial charge in [-0.1, -0.05) is 46.8 Å². The molecule has 0 aliphatic heterocycles. The van der Waals surface area contributed by atoms with E-state index in [1.54, 1.807) is 0 Å². The van der Waals surface area contributed by atoms with Crippen molar-refractivity contribution in [2.45, 2.75) is 52.9 Å². The van der Waals surface area contributed by atoms with Crippen molar-refractivity contribution in [1.82, 2.24) is 0 Å². The van der Waals surface area contributed by atoms with Gasteiger partial charge in [-0.25, -0.2) is 0 Å². The van der Waals surface area contributed by atoms with E-state index in [9.17, 15) is 0 Å². The first kappa shape index (κ1) is 15.6. The van der Waals surface area contributed by atoms with Crippen LogP contribution in [0.4, 0.5) is 0 Å². The average Bonchev–Trinajstić information content (AvgIpc) is 2.33. The molecule has 1 aromatic carbocycles. The van der Waals surface area contributed by atoms with E-state index in [1.807, 2.05) is 0 Å². The van der Waals surface area contributed by atoms with E-state index in [0.29, 0.717) is 5.92 Å². The lowest BCUT2D eigenvalue weighted by Gasteiger charge is -2.24. The summed E-state index contributed by atoms with van der Waals surface area (Å²) >= 11 is 0. The molecule has 0 unspecified atom stereocenters. The van der Waals surface area contributed by atoms with Crippen molar-refractivity contribution in [3.8, 4) is 18.1 Å². The number of ether oxygens (including phenoxy) is 1. The minimum Gasteiger partial charge on any atom is -0.493 e. The van der Waals surface area contributed by atoms with Crippen molar-refractivity contribution in [2.75, 3.05) is 6.61 Å². The summed E-state index contributed by atoms with van der Waals surface area (Å²) in [4.78, 5) is 0. The van der Waals surface area contributed by atoms with Crippen molar-refractivity contribution < 1.29 is 4.74 Å². The van der Waals surface area contributed by atoms with Crippen LogP contribution in [0.15, 0.2) is 18.2 Å². The monoisotopic (exact) mass is 258 g/mol. The Labute approximate surface area is 118 Å². The van der Waals surface area contributed by atoms with Gasteiger partial charge in [0.05, 0.1) is 6.61 Å². The first-order valence-electron chi connectivity index (χ1n) is 7.04. The zero-order valence-electron chi connectivity index (χ0n) is 12.9. The summed E-state index contributed by atoms with van der Waals surface area (Å²) in [5.41, 5.74) is 2.64. The predicted octanol–water partition coefficient (Wildman–Crippen LogP) is 4.58. The number of benzene rings is 1. The molecule has 1 heteroatoms. The summed E-state index contributed by atoms with van der Waals surface area (Å²) in [6.45, 7) is 11.7. The Morgan fingerprint density at radius 3 is 2.47 bits per heavy atom. The number of hydrogen-bond acceptors (Lipinski definition) is 1. The molecule has 0 aliphatic rings. The third-order valence-electron chi connectivity index (χ3n) is 2.98. The van der Waals surface area contributed by atoms with Crippen LogP contribution in [0.2, 0.25) is 0 Å². The number of rotatable bonds is 5. The smallest absolute Gasteiger partial charge is 0.123 e. The zero-order chi connectivity index (χ0) is 14.5. The van der Waals surface area contributed by atoms with E-state index in [-0.39, 0.29) is 5.41 Å². The average molecular weight is 258 g/mol. The molecule has 0 radical (unpaired) electrons. The lowest BCUT2D eigenvalue weighted by Crippen LogP contribution is -2.15. The molecule has 0 spiro atoms. The van der Waals surface area contributed by atoms with Gasteiger partial charge < -0.3 is 4.74 Å². The summed E-state index contributed by atoms with van der Waals surface area (Å²) in [5.74, 6) is 4.24. The Morgan fingerprint density at radius 2 is 1.95 bits per heavy atom. The lowest BCUT2D eigenvalue weighted by molar-refractivity contribution is 0.265. The molecular weight excluding hydrogens is 232 g/mol. The molecule has 19 heavy (non-hydrogen) atoms. The van der Waals surface area contributed by atoms with Crippen LogP contribution in [-0.4, -0.2) is 6.61 Å². The SMILES string of the molecule is C#CCCc1ccc(OCC(C)C)c(C(C)(C)C)c1. The number of terminal acetylenes is 1. The van der Waals surface area contributed by atoms with E-state index in [4.69, 9.17) is 11.2 Å². The van der Waals surface area contributed by atoms with Crippen molar-refractivity contribution in [3.63, 3.8) is 0 Å². The molecule has 0 fully saturated rings. The number of aryl methyl sites for hydroxylation is 1. The van der Waals surface area contributed by atoms with E-state index in [0.717, 1.165) is 25.2 Å².